The van der Waals surface area contributed by atoms with Crippen molar-refractivity contribution in [3.63, 3.8) is 0 Å². The Hall–Kier alpha value is -3.49. The SMILES string of the molecule is COc1cc(-c2cc3ncn(C)c3c(O[C@H](C)C3CNC(=O)C3)n2)cc(OC)c1OC. The average molecular weight is 426 g/mol. The summed E-state index contributed by atoms with van der Waals surface area (Å²) in [6.07, 6.45) is 1.98. The zero-order valence-electron chi connectivity index (χ0n) is 18.3. The predicted octanol–water partition coefficient (Wildman–Crippen LogP) is 2.56. The summed E-state index contributed by atoms with van der Waals surface area (Å²) in [5, 5.41) is 2.86. The van der Waals surface area contributed by atoms with Crippen LogP contribution in [-0.2, 0) is 11.8 Å². The topological polar surface area (TPSA) is 96.7 Å². The lowest BCUT2D eigenvalue weighted by Crippen LogP contribution is -2.26. The van der Waals surface area contributed by atoms with Gasteiger partial charge in [-0.1, -0.05) is 0 Å². The van der Waals surface area contributed by atoms with Crippen molar-refractivity contribution in [1.82, 2.24) is 19.9 Å². The number of pyridine rings is 1. The number of imidazole rings is 1. The van der Waals surface area contributed by atoms with E-state index in [9.17, 15) is 4.79 Å². The fourth-order valence-electron chi connectivity index (χ4n) is 3.83. The Bertz CT molecular complexity index is 1100. The first-order valence-corrected chi connectivity index (χ1v) is 10.0. The molecule has 0 saturated carbocycles. The number of carbonyl (C=O) groups excluding carboxylic acids is 1. The molecule has 1 N–H and O–H groups in total. The van der Waals surface area contributed by atoms with Gasteiger partial charge < -0.3 is 28.8 Å². The normalized spacial score (nSPS) is 16.8. The van der Waals surface area contributed by atoms with Crippen LogP contribution < -0.4 is 24.3 Å². The predicted molar refractivity (Wildman–Crippen MR) is 115 cm³/mol. The molecule has 1 saturated heterocycles. The first-order valence-electron chi connectivity index (χ1n) is 10.0. The minimum absolute atomic E-state index is 0.0465. The van der Waals surface area contributed by atoms with Gasteiger partial charge >= 0.3 is 0 Å². The van der Waals surface area contributed by atoms with Crippen LogP contribution >= 0.6 is 0 Å². The zero-order valence-corrected chi connectivity index (χ0v) is 18.3. The minimum atomic E-state index is -0.195. The fourth-order valence-corrected chi connectivity index (χ4v) is 3.83. The van der Waals surface area contributed by atoms with E-state index in [1.54, 1.807) is 27.7 Å². The third-order valence-electron chi connectivity index (χ3n) is 5.59. The molecule has 0 aliphatic carbocycles. The Morgan fingerprint density at radius 3 is 2.42 bits per heavy atom. The lowest BCUT2D eigenvalue weighted by molar-refractivity contribution is -0.119. The maximum atomic E-state index is 11.6. The van der Waals surface area contributed by atoms with Crippen molar-refractivity contribution in [3.05, 3.63) is 24.5 Å². The van der Waals surface area contributed by atoms with Gasteiger partial charge in [0.25, 0.3) is 0 Å². The van der Waals surface area contributed by atoms with Crippen LogP contribution in [0.25, 0.3) is 22.3 Å². The highest BCUT2D eigenvalue weighted by atomic mass is 16.5. The van der Waals surface area contributed by atoms with E-state index in [1.165, 1.54) is 0 Å². The van der Waals surface area contributed by atoms with Gasteiger partial charge in [-0.3, -0.25) is 4.79 Å². The van der Waals surface area contributed by atoms with Crippen LogP contribution in [0.1, 0.15) is 13.3 Å². The molecule has 1 unspecified atom stereocenters. The van der Waals surface area contributed by atoms with Crippen LogP contribution in [0.2, 0.25) is 0 Å². The smallest absolute Gasteiger partial charge is 0.241 e. The minimum Gasteiger partial charge on any atom is -0.493 e. The Morgan fingerprint density at radius 2 is 1.84 bits per heavy atom. The number of hydrogen-bond donors (Lipinski definition) is 1. The lowest BCUT2D eigenvalue weighted by atomic mass is 10.0. The van der Waals surface area contributed by atoms with Crippen LogP contribution in [-0.4, -0.2) is 54.4 Å². The molecule has 1 aliphatic rings. The number of carbonyl (C=O) groups is 1. The number of hydrogen-bond acceptors (Lipinski definition) is 7. The van der Waals surface area contributed by atoms with Gasteiger partial charge in [-0.05, 0) is 25.1 Å². The summed E-state index contributed by atoms with van der Waals surface area (Å²) in [5.74, 6) is 2.18. The van der Waals surface area contributed by atoms with E-state index in [4.69, 9.17) is 23.9 Å². The lowest BCUT2D eigenvalue weighted by Gasteiger charge is -2.20. The molecule has 164 valence electrons. The van der Waals surface area contributed by atoms with Gasteiger partial charge in [0.2, 0.25) is 17.5 Å². The van der Waals surface area contributed by atoms with E-state index < -0.39 is 0 Å². The van der Waals surface area contributed by atoms with Crippen LogP contribution in [0.3, 0.4) is 0 Å². The average Bonchev–Trinajstić information content (AvgIpc) is 3.38. The third kappa shape index (κ3) is 3.83. The Balaban J connectivity index is 1.79. The number of nitrogens with zero attached hydrogens (tertiary/aromatic N) is 3. The Kier molecular flexibility index (Phi) is 5.58. The summed E-state index contributed by atoms with van der Waals surface area (Å²) in [5.41, 5.74) is 2.98. The number of rotatable bonds is 7. The van der Waals surface area contributed by atoms with Crippen molar-refractivity contribution in [2.45, 2.75) is 19.4 Å². The summed E-state index contributed by atoms with van der Waals surface area (Å²) in [4.78, 5) is 20.9. The van der Waals surface area contributed by atoms with E-state index in [2.05, 4.69) is 10.3 Å². The van der Waals surface area contributed by atoms with Crippen LogP contribution in [0.4, 0.5) is 0 Å². The molecule has 0 radical (unpaired) electrons. The second-order valence-electron chi connectivity index (χ2n) is 7.54. The number of ether oxygens (including phenoxy) is 4. The van der Waals surface area contributed by atoms with Crippen molar-refractivity contribution in [1.29, 1.82) is 0 Å². The molecule has 1 fully saturated rings. The first kappa shape index (κ1) is 20.8. The highest BCUT2D eigenvalue weighted by Gasteiger charge is 2.29. The molecule has 3 aromatic rings. The van der Waals surface area contributed by atoms with E-state index >= 15 is 0 Å². The summed E-state index contributed by atoms with van der Waals surface area (Å²) in [6, 6.07) is 5.57. The summed E-state index contributed by atoms with van der Waals surface area (Å²) in [6.45, 7) is 2.56. The molecule has 4 rings (SSSR count). The Labute approximate surface area is 180 Å². The van der Waals surface area contributed by atoms with E-state index in [-0.39, 0.29) is 17.9 Å². The number of aromatic nitrogens is 3. The van der Waals surface area contributed by atoms with Gasteiger partial charge in [0.1, 0.15) is 11.6 Å². The first-order chi connectivity index (χ1) is 14.9. The van der Waals surface area contributed by atoms with Crippen molar-refractivity contribution in [2.24, 2.45) is 13.0 Å². The number of nitrogens with one attached hydrogen (secondary N) is 1. The largest absolute Gasteiger partial charge is 0.493 e. The molecule has 0 spiro atoms. The van der Waals surface area contributed by atoms with E-state index in [0.717, 1.165) is 16.6 Å². The van der Waals surface area contributed by atoms with Gasteiger partial charge in [0.15, 0.2) is 11.5 Å². The quantitative estimate of drug-likeness (QED) is 0.620. The molecule has 1 aliphatic heterocycles. The van der Waals surface area contributed by atoms with Gasteiger partial charge in [0, 0.05) is 31.5 Å². The number of methoxy groups -OCH3 is 3. The van der Waals surface area contributed by atoms with Crippen molar-refractivity contribution < 1.29 is 23.7 Å². The monoisotopic (exact) mass is 426 g/mol. The third-order valence-corrected chi connectivity index (χ3v) is 5.59. The summed E-state index contributed by atoms with van der Waals surface area (Å²) >= 11 is 0. The fraction of sp³-hybridized carbons (Fsp3) is 0.409. The van der Waals surface area contributed by atoms with Gasteiger partial charge in [0.05, 0.1) is 38.9 Å². The second-order valence-corrected chi connectivity index (χ2v) is 7.54. The summed E-state index contributed by atoms with van der Waals surface area (Å²) < 4.78 is 24.5. The van der Waals surface area contributed by atoms with E-state index in [1.807, 2.05) is 36.7 Å². The molecule has 1 aromatic carbocycles. The molecule has 0 bridgehead atoms. The van der Waals surface area contributed by atoms with Crippen LogP contribution in [0, 0.1) is 5.92 Å². The van der Waals surface area contributed by atoms with E-state index in [0.29, 0.717) is 41.8 Å². The van der Waals surface area contributed by atoms with Crippen molar-refractivity contribution in [3.8, 4) is 34.4 Å². The standard InChI is InChI=1S/C22H26N4O5/c1-12(14-8-19(27)23-10-14)31-22-20-16(24-11-26(20)2)9-15(25-22)13-6-17(28-3)21(30-5)18(7-13)29-4/h6-7,9,11-12,14H,8,10H2,1-5H3,(H,23,27)/t12-,14?/m1/s1. The maximum Gasteiger partial charge on any atom is 0.241 e. The number of aryl methyl sites for hydroxylation is 1. The number of amides is 1. The molecular formula is C22H26N4O5. The van der Waals surface area contributed by atoms with Crippen LogP contribution in [0.15, 0.2) is 24.5 Å². The molecule has 3 heterocycles. The van der Waals surface area contributed by atoms with Crippen molar-refractivity contribution >= 4 is 16.9 Å². The van der Waals surface area contributed by atoms with Gasteiger partial charge in [-0.2, -0.15) is 0 Å². The van der Waals surface area contributed by atoms with Gasteiger partial charge in [-0.15, -0.1) is 0 Å². The number of fused-ring (bicyclic) bond motifs is 1. The molecule has 2 atom stereocenters. The molecule has 31 heavy (non-hydrogen) atoms. The highest BCUT2D eigenvalue weighted by molar-refractivity contribution is 5.85. The molecule has 1 amide bonds. The van der Waals surface area contributed by atoms with Crippen molar-refractivity contribution in [2.75, 3.05) is 27.9 Å². The maximum absolute atomic E-state index is 11.6. The number of benzene rings is 1. The Morgan fingerprint density at radius 1 is 1.13 bits per heavy atom. The molecule has 2 aromatic heterocycles. The molecule has 9 heteroatoms. The molecular weight excluding hydrogens is 400 g/mol. The summed E-state index contributed by atoms with van der Waals surface area (Å²) in [7, 11) is 6.61. The second kappa shape index (κ2) is 8.33. The zero-order chi connectivity index (χ0) is 22.1. The van der Waals surface area contributed by atoms with Gasteiger partial charge in [-0.25, -0.2) is 9.97 Å². The van der Waals surface area contributed by atoms with Crippen LogP contribution in [0.5, 0.6) is 23.1 Å². The molecule has 9 nitrogen and oxygen atoms in total. The highest BCUT2D eigenvalue weighted by Crippen LogP contribution is 2.41.